The highest BCUT2D eigenvalue weighted by atomic mass is 16.5. The molecule has 0 fully saturated rings. The van der Waals surface area contributed by atoms with Crippen LogP contribution in [-0.2, 0) is 9.47 Å². The zero-order chi connectivity index (χ0) is 13.8. The van der Waals surface area contributed by atoms with Gasteiger partial charge in [-0.1, -0.05) is 18.2 Å². The Labute approximate surface area is 112 Å². The second-order valence-electron chi connectivity index (χ2n) is 3.70. The van der Waals surface area contributed by atoms with Gasteiger partial charge in [-0.2, -0.15) is 0 Å². The predicted molar refractivity (Wildman–Crippen MR) is 72.2 cm³/mol. The van der Waals surface area contributed by atoms with Gasteiger partial charge < -0.3 is 25.2 Å². The monoisotopic (exact) mass is 268 g/mol. The molecule has 0 unspecified atom stereocenters. The van der Waals surface area contributed by atoms with E-state index in [4.69, 9.17) is 14.6 Å². The van der Waals surface area contributed by atoms with Crippen LogP contribution in [0.4, 0.5) is 10.5 Å². The molecular weight excluding hydrogens is 248 g/mol. The third-order valence-electron chi connectivity index (χ3n) is 2.17. The van der Waals surface area contributed by atoms with Crippen molar-refractivity contribution in [2.24, 2.45) is 0 Å². The number of amides is 2. The van der Waals surface area contributed by atoms with Crippen molar-refractivity contribution in [3.8, 4) is 0 Å². The molecule has 0 aliphatic rings. The maximum absolute atomic E-state index is 11.5. The predicted octanol–water partition coefficient (Wildman–Crippen LogP) is 0.834. The number of rotatable bonds is 9. The van der Waals surface area contributed by atoms with Gasteiger partial charge in [-0.15, -0.1) is 0 Å². The van der Waals surface area contributed by atoms with Crippen LogP contribution in [0.1, 0.15) is 0 Å². The SMILES string of the molecule is O=C(NCCOCCOCCO)Nc1ccccc1. The van der Waals surface area contributed by atoms with E-state index < -0.39 is 0 Å². The lowest BCUT2D eigenvalue weighted by atomic mass is 10.3. The molecule has 1 rings (SSSR count). The highest BCUT2D eigenvalue weighted by Crippen LogP contribution is 2.03. The molecule has 0 spiro atoms. The maximum atomic E-state index is 11.5. The van der Waals surface area contributed by atoms with E-state index in [9.17, 15) is 4.79 Å². The van der Waals surface area contributed by atoms with E-state index in [2.05, 4.69) is 10.6 Å². The number of urea groups is 1. The Morgan fingerprint density at radius 3 is 2.42 bits per heavy atom. The van der Waals surface area contributed by atoms with Crippen molar-refractivity contribution in [3.05, 3.63) is 30.3 Å². The van der Waals surface area contributed by atoms with Crippen molar-refractivity contribution in [2.75, 3.05) is 44.9 Å². The summed E-state index contributed by atoms with van der Waals surface area (Å²) in [6, 6.07) is 8.96. The highest BCUT2D eigenvalue weighted by molar-refractivity contribution is 5.89. The molecule has 3 N–H and O–H groups in total. The molecule has 0 aliphatic heterocycles. The van der Waals surface area contributed by atoms with Crippen LogP contribution < -0.4 is 10.6 Å². The van der Waals surface area contributed by atoms with Crippen LogP contribution in [0.5, 0.6) is 0 Å². The average Bonchev–Trinajstić information content (AvgIpc) is 2.43. The minimum Gasteiger partial charge on any atom is -0.394 e. The van der Waals surface area contributed by atoms with Crippen LogP contribution in [0, 0.1) is 0 Å². The van der Waals surface area contributed by atoms with Crippen molar-refractivity contribution in [2.45, 2.75) is 0 Å². The maximum Gasteiger partial charge on any atom is 0.319 e. The molecule has 0 aliphatic carbocycles. The van der Waals surface area contributed by atoms with Gasteiger partial charge in [0.25, 0.3) is 0 Å². The summed E-state index contributed by atoms with van der Waals surface area (Å²) in [7, 11) is 0. The number of aliphatic hydroxyl groups is 1. The van der Waals surface area contributed by atoms with Crippen LogP contribution >= 0.6 is 0 Å². The summed E-state index contributed by atoms with van der Waals surface area (Å²) >= 11 is 0. The minimum absolute atomic E-state index is 0.0151. The third-order valence-corrected chi connectivity index (χ3v) is 2.17. The van der Waals surface area contributed by atoms with Crippen molar-refractivity contribution in [3.63, 3.8) is 0 Å². The first-order valence-corrected chi connectivity index (χ1v) is 6.19. The lowest BCUT2D eigenvalue weighted by Crippen LogP contribution is -2.31. The fourth-order valence-corrected chi connectivity index (χ4v) is 1.32. The third kappa shape index (κ3) is 8.15. The summed E-state index contributed by atoms with van der Waals surface area (Å²) in [6.07, 6.45) is 0. The Balaban J connectivity index is 1.96. The first-order valence-electron chi connectivity index (χ1n) is 6.19. The second kappa shape index (κ2) is 10.3. The van der Waals surface area contributed by atoms with Gasteiger partial charge >= 0.3 is 6.03 Å². The molecule has 0 bridgehead atoms. The number of nitrogens with one attached hydrogen (secondary N) is 2. The number of hydrogen-bond acceptors (Lipinski definition) is 4. The second-order valence-corrected chi connectivity index (χ2v) is 3.70. The average molecular weight is 268 g/mol. The summed E-state index contributed by atoms with van der Waals surface area (Å²) in [6.45, 7) is 2.07. The fraction of sp³-hybridized carbons (Fsp3) is 0.462. The number of anilines is 1. The van der Waals surface area contributed by atoms with E-state index in [0.29, 0.717) is 33.0 Å². The first-order chi connectivity index (χ1) is 9.33. The first kappa shape index (κ1) is 15.4. The van der Waals surface area contributed by atoms with Gasteiger partial charge in [-0.25, -0.2) is 4.79 Å². The Bertz CT molecular complexity index is 346. The van der Waals surface area contributed by atoms with Crippen molar-refractivity contribution < 1.29 is 19.4 Å². The molecule has 0 saturated carbocycles. The summed E-state index contributed by atoms with van der Waals surface area (Å²) < 4.78 is 10.2. The molecule has 0 radical (unpaired) electrons. The number of carbonyl (C=O) groups excluding carboxylic acids is 1. The Morgan fingerprint density at radius 1 is 1.05 bits per heavy atom. The molecule has 2 amide bonds. The number of aliphatic hydroxyl groups excluding tert-OH is 1. The molecule has 106 valence electrons. The molecule has 0 saturated heterocycles. The van der Waals surface area contributed by atoms with E-state index in [-0.39, 0.29) is 12.6 Å². The molecule has 6 heteroatoms. The van der Waals surface area contributed by atoms with Crippen LogP contribution in [0.3, 0.4) is 0 Å². The van der Waals surface area contributed by atoms with Crippen LogP contribution in [0.25, 0.3) is 0 Å². The van der Waals surface area contributed by atoms with Crippen LogP contribution in [0.2, 0.25) is 0 Å². The van der Waals surface area contributed by atoms with Gasteiger partial charge in [0.2, 0.25) is 0 Å². The van der Waals surface area contributed by atoms with Gasteiger partial charge in [-0.3, -0.25) is 0 Å². The highest BCUT2D eigenvalue weighted by Gasteiger charge is 1.99. The molecule has 19 heavy (non-hydrogen) atoms. The Morgan fingerprint density at radius 2 is 1.74 bits per heavy atom. The van der Waals surface area contributed by atoms with Gasteiger partial charge in [0.15, 0.2) is 0 Å². The molecule has 0 aromatic heterocycles. The molecule has 6 nitrogen and oxygen atoms in total. The Kier molecular flexibility index (Phi) is 8.37. The number of para-hydroxylation sites is 1. The largest absolute Gasteiger partial charge is 0.394 e. The molecule has 1 aromatic rings. The smallest absolute Gasteiger partial charge is 0.319 e. The summed E-state index contributed by atoms with van der Waals surface area (Å²) in [5.41, 5.74) is 0.748. The van der Waals surface area contributed by atoms with Crippen molar-refractivity contribution in [1.82, 2.24) is 5.32 Å². The van der Waals surface area contributed by atoms with E-state index in [0.717, 1.165) is 5.69 Å². The van der Waals surface area contributed by atoms with Crippen molar-refractivity contribution in [1.29, 1.82) is 0 Å². The van der Waals surface area contributed by atoms with Gasteiger partial charge in [-0.05, 0) is 12.1 Å². The molecular formula is C13H20N2O4. The lowest BCUT2D eigenvalue weighted by Gasteiger charge is -2.08. The summed E-state index contributed by atoms with van der Waals surface area (Å²) in [5.74, 6) is 0. The van der Waals surface area contributed by atoms with E-state index in [1.807, 2.05) is 30.3 Å². The van der Waals surface area contributed by atoms with E-state index in [1.165, 1.54) is 0 Å². The van der Waals surface area contributed by atoms with Crippen LogP contribution in [0.15, 0.2) is 30.3 Å². The van der Waals surface area contributed by atoms with Gasteiger partial charge in [0, 0.05) is 12.2 Å². The Hall–Kier alpha value is -1.63. The molecule has 0 atom stereocenters. The molecule has 0 heterocycles. The zero-order valence-corrected chi connectivity index (χ0v) is 10.8. The standard InChI is InChI=1S/C13H20N2O4/c16-7-9-19-11-10-18-8-6-14-13(17)15-12-4-2-1-3-5-12/h1-5,16H,6-11H2,(H2,14,15,17). The van der Waals surface area contributed by atoms with Gasteiger partial charge in [0.1, 0.15) is 0 Å². The number of carbonyl (C=O) groups is 1. The fourth-order valence-electron chi connectivity index (χ4n) is 1.32. The number of hydrogen-bond donors (Lipinski definition) is 3. The summed E-state index contributed by atoms with van der Waals surface area (Å²) in [5, 5.41) is 13.8. The number of ether oxygens (including phenoxy) is 2. The quantitative estimate of drug-likeness (QED) is 0.580. The minimum atomic E-state index is -0.258. The van der Waals surface area contributed by atoms with E-state index in [1.54, 1.807) is 0 Å². The van der Waals surface area contributed by atoms with Crippen molar-refractivity contribution >= 4 is 11.7 Å². The van der Waals surface area contributed by atoms with Gasteiger partial charge in [0.05, 0.1) is 33.0 Å². The molecule has 1 aromatic carbocycles. The lowest BCUT2D eigenvalue weighted by molar-refractivity contribution is 0.0345. The zero-order valence-electron chi connectivity index (χ0n) is 10.8. The topological polar surface area (TPSA) is 79.8 Å². The van der Waals surface area contributed by atoms with E-state index >= 15 is 0 Å². The summed E-state index contributed by atoms with van der Waals surface area (Å²) in [4.78, 5) is 11.5. The van der Waals surface area contributed by atoms with Crippen LogP contribution in [-0.4, -0.2) is 50.7 Å². The normalized spacial score (nSPS) is 10.2. The number of benzene rings is 1.